The van der Waals surface area contributed by atoms with Gasteiger partial charge in [0.1, 0.15) is 6.17 Å². The molecule has 3 nitrogen and oxygen atoms in total. The topological polar surface area (TPSA) is 34.4 Å². The monoisotopic (exact) mass is 212 g/mol. The first kappa shape index (κ1) is 10.6. The molecule has 0 radical (unpaired) electrons. The number of piperidine rings is 1. The summed E-state index contributed by atoms with van der Waals surface area (Å²) in [5, 5.41) is 6.36. The number of nitrogens with two attached hydrogens (primary N) is 1. The zero-order chi connectivity index (χ0) is 10.8. The highest BCUT2D eigenvalue weighted by molar-refractivity contribution is 5.18. The number of aryl methyl sites for hydroxylation is 2. The van der Waals surface area contributed by atoms with Crippen molar-refractivity contribution >= 4 is 0 Å². The molecule has 4 heteroatoms. The van der Waals surface area contributed by atoms with Crippen LogP contribution in [0.25, 0.3) is 0 Å². The van der Waals surface area contributed by atoms with Gasteiger partial charge in [-0.05, 0) is 12.5 Å². The molecule has 1 atom stereocenters. The van der Waals surface area contributed by atoms with Crippen LogP contribution < -0.4 is 5.32 Å². The van der Waals surface area contributed by atoms with Crippen molar-refractivity contribution in [2.45, 2.75) is 25.9 Å². The molecule has 1 aliphatic heterocycles. The molecular weight excluding hydrogens is 193 g/mol. The average molecular weight is 212 g/mol. The Morgan fingerprint density at radius 2 is 2.20 bits per heavy atom. The summed E-state index contributed by atoms with van der Waals surface area (Å²) in [6.45, 7) is 4.05. The smallest absolute Gasteiger partial charge is 0.145 e. The van der Waals surface area contributed by atoms with E-state index in [1.807, 2.05) is 14.0 Å². The Morgan fingerprint density at radius 3 is 2.73 bits per heavy atom. The summed E-state index contributed by atoms with van der Waals surface area (Å²) in [5.74, 6) is 0.184. The molecule has 2 rings (SSSR count). The van der Waals surface area contributed by atoms with E-state index in [0.717, 1.165) is 37.2 Å². The maximum Gasteiger partial charge on any atom is 0.145 e. The SMILES string of the molecule is Cc1cnn(C)c1C(F)C1CC[NH2+]CC1. The predicted molar refractivity (Wildman–Crippen MR) is 56.2 cm³/mol. The number of rotatable bonds is 2. The second-order valence-electron chi connectivity index (χ2n) is 4.44. The van der Waals surface area contributed by atoms with Crippen LogP contribution in [0.3, 0.4) is 0 Å². The molecule has 1 unspecified atom stereocenters. The summed E-state index contributed by atoms with van der Waals surface area (Å²) in [6, 6.07) is 0. The van der Waals surface area contributed by atoms with Gasteiger partial charge in [0, 0.05) is 25.8 Å². The van der Waals surface area contributed by atoms with Gasteiger partial charge in [-0.15, -0.1) is 0 Å². The van der Waals surface area contributed by atoms with Gasteiger partial charge in [-0.3, -0.25) is 4.68 Å². The molecule has 15 heavy (non-hydrogen) atoms. The van der Waals surface area contributed by atoms with Crippen molar-refractivity contribution in [1.82, 2.24) is 9.78 Å². The first-order valence-corrected chi connectivity index (χ1v) is 5.64. The van der Waals surface area contributed by atoms with Crippen LogP contribution in [-0.4, -0.2) is 22.9 Å². The molecule has 0 amide bonds. The molecular formula is C11H19FN3+. The maximum absolute atomic E-state index is 14.3. The number of hydrogen-bond acceptors (Lipinski definition) is 1. The zero-order valence-electron chi connectivity index (χ0n) is 9.41. The van der Waals surface area contributed by atoms with Gasteiger partial charge >= 0.3 is 0 Å². The molecule has 84 valence electrons. The molecule has 0 aromatic carbocycles. The molecule has 2 heterocycles. The first-order valence-electron chi connectivity index (χ1n) is 5.64. The van der Waals surface area contributed by atoms with E-state index in [2.05, 4.69) is 10.4 Å². The lowest BCUT2D eigenvalue weighted by atomic mass is 9.90. The van der Waals surface area contributed by atoms with Gasteiger partial charge in [-0.1, -0.05) is 0 Å². The Balaban J connectivity index is 2.15. The lowest BCUT2D eigenvalue weighted by Crippen LogP contribution is -2.86. The van der Waals surface area contributed by atoms with Gasteiger partial charge in [-0.2, -0.15) is 5.10 Å². The summed E-state index contributed by atoms with van der Waals surface area (Å²) >= 11 is 0. The Labute approximate surface area is 89.7 Å². The lowest BCUT2D eigenvalue weighted by molar-refractivity contribution is -0.665. The van der Waals surface area contributed by atoms with E-state index in [9.17, 15) is 4.39 Å². The van der Waals surface area contributed by atoms with Crippen molar-refractivity contribution in [2.75, 3.05) is 13.1 Å². The van der Waals surface area contributed by atoms with Crippen LogP contribution in [0.5, 0.6) is 0 Å². The Bertz CT molecular complexity index is 309. The molecule has 1 aromatic heterocycles. The average Bonchev–Trinajstić information content (AvgIpc) is 2.59. The van der Waals surface area contributed by atoms with Gasteiger partial charge < -0.3 is 5.32 Å². The minimum Gasteiger partial charge on any atom is -0.346 e. The summed E-state index contributed by atoms with van der Waals surface area (Å²) in [4.78, 5) is 0. The summed E-state index contributed by atoms with van der Waals surface area (Å²) < 4.78 is 16.0. The minimum atomic E-state index is -0.841. The standard InChI is InChI=1S/C11H18FN3/c1-8-7-14-15(2)11(8)10(12)9-3-5-13-6-4-9/h7,9-10,13H,3-6H2,1-2H3/p+1. The Morgan fingerprint density at radius 1 is 1.53 bits per heavy atom. The lowest BCUT2D eigenvalue weighted by Gasteiger charge is -2.24. The fourth-order valence-electron chi connectivity index (χ4n) is 2.42. The van der Waals surface area contributed by atoms with Crippen LogP contribution in [0, 0.1) is 12.8 Å². The molecule has 2 N–H and O–H groups in total. The van der Waals surface area contributed by atoms with E-state index in [1.54, 1.807) is 10.9 Å². The van der Waals surface area contributed by atoms with Crippen molar-refractivity contribution in [3.63, 3.8) is 0 Å². The molecule has 1 aromatic rings. The van der Waals surface area contributed by atoms with E-state index < -0.39 is 6.17 Å². The van der Waals surface area contributed by atoms with E-state index >= 15 is 0 Å². The van der Waals surface area contributed by atoms with E-state index in [1.165, 1.54) is 0 Å². The van der Waals surface area contributed by atoms with Crippen molar-refractivity contribution < 1.29 is 9.71 Å². The second kappa shape index (κ2) is 4.31. The van der Waals surface area contributed by atoms with Crippen LogP contribution in [-0.2, 0) is 7.05 Å². The molecule has 0 saturated carbocycles. The van der Waals surface area contributed by atoms with Gasteiger partial charge in [0.15, 0.2) is 0 Å². The number of hydrogen-bond donors (Lipinski definition) is 1. The van der Waals surface area contributed by atoms with Crippen molar-refractivity contribution in [3.8, 4) is 0 Å². The fourth-order valence-corrected chi connectivity index (χ4v) is 2.42. The second-order valence-corrected chi connectivity index (χ2v) is 4.44. The van der Waals surface area contributed by atoms with Gasteiger partial charge in [-0.25, -0.2) is 4.39 Å². The van der Waals surface area contributed by atoms with Crippen LogP contribution in [0.4, 0.5) is 4.39 Å². The van der Waals surface area contributed by atoms with Gasteiger partial charge in [0.25, 0.3) is 0 Å². The first-order chi connectivity index (χ1) is 7.20. The third-order valence-electron chi connectivity index (χ3n) is 3.34. The quantitative estimate of drug-likeness (QED) is 0.770. The summed E-state index contributed by atoms with van der Waals surface area (Å²) in [7, 11) is 1.82. The van der Waals surface area contributed by atoms with Gasteiger partial charge in [0.05, 0.1) is 25.0 Å². The number of quaternary nitrogens is 1. The highest BCUT2D eigenvalue weighted by Crippen LogP contribution is 2.32. The third kappa shape index (κ3) is 2.04. The van der Waals surface area contributed by atoms with Crippen LogP contribution in [0.2, 0.25) is 0 Å². The third-order valence-corrected chi connectivity index (χ3v) is 3.34. The Kier molecular flexibility index (Phi) is 3.05. The van der Waals surface area contributed by atoms with Crippen molar-refractivity contribution in [1.29, 1.82) is 0 Å². The minimum absolute atomic E-state index is 0.184. The highest BCUT2D eigenvalue weighted by atomic mass is 19.1. The number of aromatic nitrogens is 2. The number of alkyl halides is 1. The van der Waals surface area contributed by atoms with Crippen LogP contribution in [0.1, 0.15) is 30.3 Å². The predicted octanol–water partition coefficient (Wildman–Crippen LogP) is 0.713. The number of halogens is 1. The molecule has 0 spiro atoms. The van der Waals surface area contributed by atoms with E-state index in [-0.39, 0.29) is 5.92 Å². The zero-order valence-corrected chi connectivity index (χ0v) is 9.41. The normalized spacial score (nSPS) is 20.5. The van der Waals surface area contributed by atoms with E-state index in [0.29, 0.717) is 0 Å². The molecule has 0 bridgehead atoms. The molecule has 1 aliphatic rings. The molecule has 1 saturated heterocycles. The van der Waals surface area contributed by atoms with Crippen LogP contribution in [0.15, 0.2) is 6.20 Å². The van der Waals surface area contributed by atoms with Crippen molar-refractivity contribution in [2.24, 2.45) is 13.0 Å². The van der Waals surface area contributed by atoms with Crippen LogP contribution >= 0.6 is 0 Å². The largest absolute Gasteiger partial charge is 0.346 e. The molecule has 1 fully saturated rings. The molecule has 0 aliphatic carbocycles. The fraction of sp³-hybridized carbons (Fsp3) is 0.727. The Hall–Kier alpha value is -0.900. The summed E-state index contributed by atoms with van der Waals surface area (Å²) in [6.07, 6.45) is 2.86. The van der Waals surface area contributed by atoms with E-state index in [4.69, 9.17) is 0 Å². The van der Waals surface area contributed by atoms with Crippen molar-refractivity contribution in [3.05, 3.63) is 17.5 Å². The maximum atomic E-state index is 14.3. The summed E-state index contributed by atoms with van der Waals surface area (Å²) in [5.41, 5.74) is 1.74. The number of nitrogens with zero attached hydrogens (tertiary/aromatic N) is 2. The highest BCUT2D eigenvalue weighted by Gasteiger charge is 2.29. The van der Waals surface area contributed by atoms with Gasteiger partial charge in [0.2, 0.25) is 0 Å².